The van der Waals surface area contributed by atoms with Crippen LogP contribution >= 0.6 is 0 Å². The highest BCUT2D eigenvalue weighted by atomic mass is 16.6. The van der Waals surface area contributed by atoms with Crippen molar-refractivity contribution in [1.82, 2.24) is 0 Å². The number of nitrogens with zero attached hydrogens (tertiary/aromatic N) is 1. The number of carbonyl (C=O) groups is 1. The molecular weight excluding hydrogens is 174 g/mol. The van der Waals surface area contributed by atoms with Gasteiger partial charge in [-0.3, -0.25) is 14.9 Å². The zero-order valence-corrected chi connectivity index (χ0v) is 6.85. The molecule has 0 unspecified atom stereocenters. The first kappa shape index (κ1) is 9.18. The van der Waals surface area contributed by atoms with Crippen LogP contribution in [-0.2, 0) is 0 Å². The molecule has 0 spiro atoms. The van der Waals surface area contributed by atoms with E-state index in [1.165, 1.54) is 13.0 Å². The SMILES string of the molecule is CC(=O)c1cc(O)cc([N+](=O)[O-])c1. The van der Waals surface area contributed by atoms with Gasteiger partial charge in [0.1, 0.15) is 5.75 Å². The Morgan fingerprint density at radius 3 is 2.54 bits per heavy atom. The van der Waals surface area contributed by atoms with Crippen molar-refractivity contribution in [3.63, 3.8) is 0 Å². The van der Waals surface area contributed by atoms with Gasteiger partial charge in [-0.15, -0.1) is 0 Å². The predicted octanol–water partition coefficient (Wildman–Crippen LogP) is 1.50. The monoisotopic (exact) mass is 181 g/mol. The van der Waals surface area contributed by atoms with Gasteiger partial charge >= 0.3 is 0 Å². The van der Waals surface area contributed by atoms with Crippen molar-refractivity contribution in [2.45, 2.75) is 6.92 Å². The van der Waals surface area contributed by atoms with Crippen molar-refractivity contribution in [3.05, 3.63) is 33.9 Å². The number of non-ortho nitro benzene ring substituents is 1. The summed E-state index contributed by atoms with van der Waals surface area (Å²) in [6, 6.07) is 3.31. The third-order valence-corrected chi connectivity index (χ3v) is 1.52. The normalized spacial score (nSPS) is 9.62. The molecule has 1 aromatic carbocycles. The van der Waals surface area contributed by atoms with Gasteiger partial charge in [-0.1, -0.05) is 0 Å². The van der Waals surface area contributed by atoms with E-state index in [-0.39, 0.29) is 22.8 Å². The molecule has 1 aromatic rings. The van der Waals surface area contributed by atoms with E-state index in [2.05, 4.69) is 0 Å². The average Bonchev–Trinajstić information content (AvgIpc) is 2.03. The lowest BCUT2D eigenvalue weighted by Gasteiger charge is -1.97. The second-order valence-corrected chi connectivity index (χ2v) is 2.55. The highest BCUT2D eigenvalue weighted by molar-refractivity contribution is 5.95. The molecule has 0 aliphatic heterocycles. The summed E-state index contributed by atoms with van der Waals surface area (Å²) < 4.78 is 0. The van der Waals surface area contributed by atoms with E-state index in [9.17, 15) is 14.9 Å². The van der Waals surface area contributed by atoms with E-state index in [0.29, 0.717) is 0 Å². The van der Waals surface area contributed by atoms with E-state index in [4.69, 9.17) is 5.11 Å². The third-order valence-electron chi connectivity index (χ3n) is 1.52. The standard InChI is InChI=1S/C8H7NO4/c1-5(10)6-2-7(9(12)13)4-8(11)3-6/h2-4,11H,1H3. The van der Waals surface area contributed by atoms with Gasteiger partial charge in [-0.05, 0) is 13.0 Å². The van der Waals surface area contributed by atoms with E-state index in [0.717, 1.165) is 12.1 Å². The fraction of sp³-hybridized carbons (Fsp3) is 0.125. The lowest BCUT2D eigenvalue weighted by Crippen LogP contribution is -1.94. The molecule has 13 heavy (non-hydrogen) atoms. The van der Waals surface area contributed by atoms with Gasteiger partial charge in [0.05, 0.1) is 11.0 Å². The summed E-state index contributed by atoms with van der Waals surface area (Å²) in [5, 5.41) is 19.3. The van der Waals surface area contributed by atoms with Crippen LogP contribution in [0.2, 0.25) is 0 Å². The largest absolute Gasteiger partial charge is 0.508 e. The molecule has 5 nitrogen and oxygen atoms in total. The number of aromatic hydroxyl groups is 1. The molecule has 1 rings (SSSR count). The van der Waals surface area contributed by atoms with Crippen molar-refractivity contribution in [3.8, 4) is 5.75 Å². The molecule has 0 aliphatic carbocycles. The van der Waals surface area contributed by atoms with E-state index in [1.54, 1.807) is 0 Å². The van der Waals surface area contributed by atoms with Crippen LogP contribution < -0.4 is 0 Å². The number of benzene rings is 1. The molecule has 0 saturated carbocycles. The van der Waals surface area contributed by atoms with Gasteiger partial charge in [-0.2, -0.15) is 0 Å². The smallest absolute Gasteiger partial charge is 0.273 e. The second kappa shape index (κ2) is 3.22. The number of hydrogen-bond donors (Lipinski definition) is 1. The van der Waals surface area contributed by atoms with Crippen LogP contribution in [0.4, 0.5) is 5.69 Å². The van der Waals surface area contributed by atoms with Crippen molar-refractivity contribution >= 4 is 11.5 Å². The fourth-order valence-electron chi connectivity index (χ4n) is 0.904. The Kier molecular flexibility index (Phi) is 2.27. The molecule has 1 N–H and O–H groups in total. The highest BCUT2D eigenvalue weighted by Crippen LogP contribution is 2.21. The Balaban J connectivity index is 3.26. The maximum absolute atomic E-state index is 10.8. The minimum Gasteiger partial charge on any atom is -0.508 e. The summed E-state index contributed by atoms with van der Waals surface area (Å²) in [4.78, 5) is 20.5. The number of rotatable bonds is 2. The molecule has 0 heterocycles. The van der Waals surface area contributed by atoms with Gasteiger partial charge in [0, 0.05) is 11.6 Å². The van der Waals surface area contributed by atoms with Crippen LogP contribution in [0.3, 0.4) is 0 Å². The van der Waals surface area contributed by atoms with E-state index >= 15 is 0 Å². The number of nitro groups is 1. The molecule has 0 amide bonds. The first-order valence-electron chi connectivity index (χ1n) is 3.50. The first-order valence-corrected chi connectivity index (χ1v) is 3.50. The number of ketones is 1. The topological polar surface area (TPSA) is 80.4 Å². The number of phenols is 1. The molecule has 0 fully saturated rings. The zero-order valence-electron chi connectivity index (χ0n) is 6.85. The second-order valence-electron chi connectivity index (χ2n) is 2.55. The van der Waals surface area contributed by atoms with Crippen LogP contribution in [0.1, 0.15) is 17.3 Å². The van der Waals surface area contributed by atoms with Crippen LogP contribution in [0.25, 0.3) is 0 Å². The average molecular weight is 181 g/mol. The summed E-state index contributed by atoms with van der Waals surface area (Å²) in [7, 11) is 0. The van der Waals surface area contributed by atoms with Gasteiger partial charge in [0.2, 0.25) is 0 Å². The summed E-state index contributed by atoms with van der Waals surface area (Å²) in [5.41, 5.74) is -0.156. The Morgan fingerprint density at radius 2 is 2.08 bits per heavy atom. The Bertz CT molecular complexity index is 340. The molecule has 0 bridgehead atoms. The molecule has 0 saturated heterocycles. The van der Waals surface area contributed by atoms with Crippen LogP contribution in [0.5, 0.6) is 5.75 Å². The number of hydrogen-bond acceptors (Lipinski definition) is 4. The number of nitro benzene ring substituents is 1. The quantitative estimate of drug-likeness (QED) is 0.426. The number of carbonyl (C=O) groups excluding carboxylic acids is 1. The molecular formula is C8H7NO4. The molecule has 5 heteroatoms. The first-order chi connectivity index (χ1) is 6.00. The van der Waals surface area contributed by atoms with Crippen LogP contribution in [-0.4, -0.2) is 15.8 Å². The summed E-state index contributed by atoms with van der Waals surface area (Å²) in [5.74, 6) is -0.599. The maximum Gasteiger partial charge on any atom is 0.273 e. The Labute approximate surface area is 73.8 Å². The minimum absolute atomic E-state index is 0.131. The fourth-order valence-corrected chi connectivity index (χ4v) is 0.904. The molecule has 68 valence electrons. The van der Waals surface area contributed by atoms with E-state index < -0.39 is 4.92 Å². The predicted molar refractivity (Wildman–Crippen MR) is 44.8 cm³/mol. The highest BCUT2D eigenvalue weighted by Gasteiger charge is 2.11. The lowest BCUT2D eigenvalue weighted by atomic mass is 10.1. The van der Waals surface area contributed by atoms with Crippen molar-refractivity contribution in [2.75, 3.05) is 0 Å². The lowest BCUT2D eigenvalue weighted by molar-refractivity contribution is -0.385. The molecule has 0 atom stereocenters. The zero-order chi connectivity index (χ0) is 10.0. The van der Waals surface area contributed by atoms with E-state index in [1.807, 2.05) is 0 Å². The summed E-state index contributed by atoms with van der Waals surface area (Å²) >= 11 is 0. The Morgan fingerprint density at radius 1 is 1.46 bits per heavy atom. The van der Waals surface area contributed by atoms with Crippen molar-refractivity contribution in [2.24, 2.45) is 0 Å². The van der Waals surface area contributed by atoms with Crippen LogP contribution in [0, 0.1) is 10.1 Å². The summed E-state index contributed by atoms with van der Waals surface area (Å²) in [6.07, 6.45) is 0. The maximum atomic E-state index is 10.8. The van der Waals surface area contributed by atoms with Crippen molar-refractivity contribution < 1.29 is 14.8 Å². The molecule has 0 aromatic heterocycles. The van der Waals surface area contributed by atoms with Gasteiger partial charge in [0.25, 0.3) is 5.69 Å². The van der Waals surface area contributed by atoms with Gasteiger partial charge in [0.15, 0.2) is 5.78 Å². The number of Topliss-reactive ketones (excluding diaryl/α,β-unsaturated/α-hetero) is 1. The van der Waals surface area contributed by atoms with Crippen molar-refractivity contribution in [1.29, 1.82) is 0 Å². The van der Waals surface area contributed by atoms with Gasteiger partial charge < -0.3 is 5.11 Å². The van der Waals surface area contributed by atoms with Crippen LogP contribution in [0.15, 0.2) is 18.2 Å². The summed E-state index contributed by atoms with van der Waals surface area (Å²) in [6.45, 7) is 1.28. The number of phenolic OH excluding ortho intramolecular Hbond substituents is 1. The minimum atomic E-state index is -0.661. The molecule has 0 radical (unpaired) electrons. The third kappa shape index (κ3) is 2.02. The molecule has 0 aliphatic rings. The van der Waals surface area contributed by atoms with Gasteiger partial charge in [-0.25, -0.2) is 0 Å². The Hall–Kier alpha value is -1.91.